The van der Waals surface area contributed by atoms with E-state index in [9.17, 15) is 14.3 Å². The van der Waals surface area contributed by atoms with E-state index in [-0.39, 0.29) is 11.7 Å². The number of carbonyl (C=O) groups excluding carboxylic acids is 1. The lowest BCUT2D eigenvalue weighted by molar-refractivity contribution is 0.0469. The number of likely N-dealkylation sites (tertiary alicyclic amines) is 1. The number of aliphatic hydroxyl groups excluding tert-OH is 1. The zero-order valence-corrected chi connectivity index (χ0v) is 11.4. The Labute approximate surface area is 121 Å². The number of aliphatic hydroxyl groups is 1. The maximum atomic E-state index is 12.9. The predicted molar refractivity (Wildman–Crippen MR) is 75.1 cm³/mol. The number of hydrogen-bond donors (Lipinski definition) is 2. The van der Waals surface area contributed by atoms with Gasteiger partial charge < -0.3 is 10.0 Å². The van der Waals surface area contributed by atoms with Crippen molar-refractivity contribution >= 4 is 5.91 Å². The van der Waals surface area contributed by atoms with Gasteiger partial charge in [0.1, 0.15) is 11.5 Å². The first kappa shape index (κ1) is 13.8. The molecule has 1 atom stereocenters. The van der Waals surface area contributed by atoms with Gasteiger partial charge in [-0.1, -0.05) is 0 Å². The lowest BCUT2D eigenvalue weighted by Gasteiger charge is -2.29. The van der Waals surface area contributed by atoms with Crippen molar-refractivity contribution in [1.29, 1.82) is 0 Å². The second-order valence-electron chi connectivity index (χ2n) is 5.22. The van der Waals surface area contributed by atoms with E-state index in [0.717, 1.165) is 18.4 Å². The van der Waals surface area contributed by atoms with Gasteiger partial charge in [0.25, 0.3) is 5.91 Å². The summed E-state index contributed by atoms with van der Waals surface area (Å²) < 4.78 is 12.9. The second-order valence-corrected chi connectivity index (χ2v) is 5.22. The average molecular weight is 289 g/mol. The van der Waals surface area contributed by atoms with Gasteiger partial charge in [-0.2, -0.15) is 5.10 Å². The van der Waals surface area contributed by atoms with Crippen molar-refractivity contribution in [2.45, 2.75) is 18.9 Å². The highest BCUT2D eigenvalue weighted by Crippen LogP contribution is 2.19. The van der Waals surface area contributed by atoms with Crippen LogP contribution < -0.4 is 0 Å². The fourth-order valence-corrected chi connectivity index (χ4v) is 2.51. The van der Waals surface area contributed by atoms with Crippen LogP contribution in [0.2, 0.25) is 0 Å². The van der Waals surface area contributed by atoms with Crippen molar-refractivity contribution in [3.63, 3.8) is 0 Å². The summed E-state index contributed by atoms with van der Waals surface area (Å²) in [5.74, 6) is -0.484. The number of piperidine rings is 1. The topological polar surface area (TPSA) is 69.2 Å². The van der Waals surface area contributed by atoms with Gasteiger partial charge in [0.05, 0.1) is 11.8 Å². The van der Waals surface area contributed by atoms with Crippen LogP contribution in [0, 0.1) is 5.82 Å². The molecule has 0 saturated carbocycles. The van der Waals surface area contributed by atoms with Gasteiger partial charge >= 0.3 is 0 Å². The molecule has 1 fully saturated rings. The third-order valence-electron chi connectivity index (χ3n) is 3.63. The minimum absolute atomic E-state index is 0.172. The Bertz CT molecular complexity index is 639. The molecule has 21 heavy (non-hydrogen) atoms. The lowest BCUT2D eigenvalue weighted by atomic mass is 10.1. The number of benzene rings is 1. The molecular formula is C15H16FN3O2. The fraction of sp³-hybridized carbons (Fsp3) is 0.333. The van der Waals surface area contributed by atoms with Crippen molar-refractivity contribution in [2.24, 2.45) is 0 Å². The van der Waals surface area contributed by atoms with Crippen molar-refractivity contribution < 1.29 is 14.3 Å². The number of hydrogen-bond acceptors (Lipinski definition) is 3. The van der Waals surface area contributed by atoms with Crippen LogP contribution in [0.5, 0.6) is 0 Å². The van der Waals surface area contributed by atoms with E-state index in [0.29, 0.717) is 24.5 Å². The van der Waals surface area contributed by atoms with Crippen LogP contribution >= 0.6 is 0 Å². The molecule has 1 aromatic heterocycles. The zero-order chi connectivity index (χ0) is 14.8. The SMILES string of the molecule is O=C(c1cc(-c2ccc(F)cc2)n[nH]1)N1CCCC(O)C1. The Morgan fingerprint density at radius 3 is 2.86 bits per heavy atom. The number of nitrogens with one attached hydrogen (secondary N) is 1. The normalized spacial score (nSPS) is 18.8. The minimum atomic E-state index is -0.456. The molecule has 1 aromatic carbocycles. The number of halogens is 1. The summed E-state index contributed by atoms with van der Waals surface area (Å²) in [6.45, 7) is 0.991. The molecule has 0 spiro atoms. The van der Waals surface area contributed by atoms with E-state index in [1.54, 1.807) is 23.1 Å². The Kier molecular flexibility index (Phi) is 3.70. The summed E-state index contributed by atoms with van der Waals surface area (Å²) in [5, 5.41) is 16.4. The summed E-state index contributed by atoms with van der Waals surface area (Å²) >= 11 is 0. The molecule has 0 aliphatic carbocycles. The molecule has 3 rings (SSSR count). The monoisotopic (exact) mass is 289 g/mol. The number of aromatic nitrogens is 2. The van der Waals surface area contributed by atoms with Crippen molar-refractivity contribution in [3.8, 4) is 11.3 Å². The van der Waals surface area contributed by atoms with E-state index in [4.69, 9.17) is 0 Å². The van der Waals surface area contributed by atoms with E-state index >= 15 is 0 Å². The smallest absolute Gasteiger partial charge is 0.271 e. The van der Waals surface area contributed by atoms with Crippen molar-refractivity contribution in [2.75, 3.05) is 13.1 Å². The van der Waals surface area contributed by atoms with Gasteiger partial charge in [0.2, 0.25) is 0 Å². The van der Waals surface area contributed by atoms with Gasteiger partial charge in [0, 0.05) is 18.7 Å². The minimum Gasteiger partial charge on any atom is -0.391 e. The third-order valence-corrected chi connectivity index (χ3v) is 3.63. The fourth-order valence-electron chi connectivity index (χ4n) is 2.51. The molecule has 1 saturated heterocycles. The number of H-pyrrole nitrogens is 1. The largest absolute Gasteiger partial charge is 0.391 e. The highest BCUT2D eigenvalue weighted by Gasteiger charge is 2.24. The first-order valence-electron chi connectivity index (χ1n) is 6.92. The summed E-state index contributed by atoms with van der Waals surface area (Å²) in [4.78, 5) is 13.9. The van der Waals surface area contributed by atoms with Gasteiger partial charge in [-0.15, -0.1) is 0 Å². The first-order chi connectivity index (χ1) is 10.1. The molecule has 1 unspecified atom stereocenters. The van der Waals surface area contributed by atoms with Gasteiger partial charge in [-0.25, -0.2) is 4.39 Å². The van der Waals surface area contributed by atoms with E-state index in [2.05, 4.69) is 10.2 Å². The van der Waals surface area contributed by atoms with Crippen LogP contribution in [0.4, 0.5) is 4.39 Å². The molecule has 2 aromatic rings. The highest BCUT2D eigenvalue weighted by atomic mass is 19.1. The molecule has 0 radical (unpaired) electrons. The maximum Gasteiger partial charge on any atom is 0.271 e. The van der Waals surface area contributed by atoms with Crippen LogP contribution in [0.15, 0.2) is 30.3 Å². The van der Waals surface area contributed by atoms with Crippen LogP contribution in [-0.4, -0.2) is 45.3 Å². The standard InChI is InChI=1S/C15H16FN3O2/c16-11-5-3-10(4-6-11)13-8-14(18-17-13)15(21)19-7-1-2-12(20)9-19/h3-6,8,12,20H,1-2,7,9H2,(H,17,18). The predicted octanol–water partition coefficient (Wildman–Crippen LogP) is 1.81. The molecular weight excluding hydrogens is 273 g/mol. The number of nitrogens with zero attached hydrogens (tertiary/aromatic N) is 2. The summed E-state index contributed by atoms with van der Waals surface area (Å²) in [6, 6.07) is 7.59. The average Bonchev–Trinajstić information content (AvgIpc) is 2.97. The molecule has 1 aliphatic heterocycles. The molecule has 5 nitrogen and oxygen atoms in total. The number of carbonyl (C=O) groups is 1. The second kappa shape index (κ2) is 5.65. The van der Waals surface area contributed by atoms with Gasteiger partial charge in [-0.3, -0.25) is 9.89 Å². The lowest BCUT2D eigenvalue weighted by Crippen LogP contribution is -2.42. The molecule has 2 heterocycles. The van der Waals surface area contributed by atoms with E-state index in [1.165, 1.54) is 12.1 Å². The van der Waals surface area contributed by atoms with Crippen LogP contribution in [-0.2, 0) is 0 Å². The maximum absolute atomic E-state index is 12.9. The molecule has 6 heteroatoms. The van der Waals surface area contributed by atoms with Crippen molar-refractivity contribution in [3.05, 3.63) is 41.8 Å². The highest BCUT2D eigenvalue weighted by molar-refractivity contribution is 5.93. The van der Waals surface area contributed by atoms with Crippen molar-refractivity contribution in [1.82, 2.24) is 15.1 Å². The molecule has 0 bridgehead atoms. The van der Waals surface area contributed by atoms with Gasteiger partial charge in [0.15, 0.2) is 0 Å². The third kappa shape index (κ3) is 2.95. The van der Waals surface area contributed by atoms with Crippen LogP contribution in [0.3, 0.4) is 0 Å². The Morgan fingerprint density at radius 2 is 2.14 bits per heavy atom. The number of amides is 1. The number of rotatable bonds is 2. The molecule has 1 amide bonds. The Morgan fingerprint density at radius 1 is 1.38 bits per heavy atom. The van der Waals surface area contributed by atoms with Crippen LogP contribution in [0.25, 0.3) is 11.3 Å². The molecule has 110 valence electrons. The van der Waals surface area contributed by atoms with E-state index < -0.39 is 6.10 Å². The molecule has 1 aliphatic rings. The first-order valence-corrected chi connectivity index (χ1v) is 6.92. The van der Waals surface area contributed by atoms with Crippen LogP contribution in [0.1, 0.15) is 23.3 Å². The summed E-state index contributed by atoms with van der Waals surface area (Å²) in [5.41, 5.74) is 1.71. The number of β-amino-alcohol motifs (C(OH)–C–C–N with tert-alkyl or cyclic N) is 1. The quantitative estimate of drug-likeness (QED) is 0.886. The molecule has 2 N–H and O–H groups in total. The van der Waals surface area contributed by atoms with Gasteiger partial charge in [-0.05, 0) is 43.2 Å². The summed E-state index contributed by atoms with van der Waals surface area (Å²) in [7, 11) is 0. The zero-order valence-electron chi connectivity index (χ0n) is 11.4. The summed E-state index contributed by atoms with van der Waals surface area (Å²) in [6.07, 6.45) is 1.07. The van der Waals surface area contributed by atoms with E-state index in [1.807, 2.05) is 0 Å². The number of aromatic amines is 1. The Hall–Kier alpha value is -2.21. The Balaban J connectivity index is 1.78.